The zero-order valence-corrected chi connectivity index (χ0v) is 7.43. The number of hydrogen-bond acceptors (Lipinski definition) is 2. The minimum absolute atomic E-state index is 0.259. The summed E-state index contributed by atoms with van der Waals surface area (Å²) in [6, 6.07) is 0.259. The topological polar surface area (TPSA) is 12.5 Å². The SMILES string of the molecule is COCC1C[C@](C)(F)CN1C. The van der Waals surface area contributed by atoms with Crippen LogP contribution in [0.5, 0.6) is 0 Å². The van der Waals surface area contributed by atoms with Gasteiger partial charge in [-0.2, -0.15) is 0 Å². The number of likely N-dealkylation sites (tertiary alicyclic amines) is 1. The van der Waals surface area contributed by atoms with Crippen molar-refractivity contribution in [2.24, 2.45) is 0 Å². The molecule has 1 aliphatic rings. The monoisotopic (exact) mass is 161 g/mol. The molecule has 11 heavy (non-hydrogen) atoms. The third-order valence-electron chi connectivity index (χ3n) is 2.22. The second kappa shape index (κ2) is 3.07. The molecule has 0 aromatic heterocycles. The fraction of sp³-hybridized carbons (Fsp3) is 1.00. The number of alkyl halides is 1. The van der Waals surface area contributed by atoms with Gasteiger partial charge >= 0.3 is 0 Å². The maximum absolute atomic E-state index is 13.3. The molecule has 2 atom stereocenters. The number of methoxy groups -OCH3 is 1. The van der Waals surface area contributed by atoms with Crippen LogP contribution in [0.4, 0.5) is 4.39 Å². The van der Waals surface area contributed by atoms with Crippen LogP contribution >= 0.6 is 0 Å². The molecule has 2 nitrogen and oxygen atoms in total. The number of ether oxygens (including phenoxy) is 1. The van der Waals surface area contributed by atoms with E-state index in [1.807, 2.05) is 11.9 Å². The predicted octanol–water partition coefficient (Wildman–Crippen LogP) is 1.07. The van der Waals surface area contributed by atoms with Crippen LogP contribution in [-0.4, -0.2) is 43.9 Å². The summed E-state index contributed by atoms with van der Waals surface area (Å²) in [5.41, 5.74) is -1.02. The average molecular weight is 161 g/mol. The standard InChI is InChI=1S/C8H16FNO/c1-8(9)4-7(5-11-3)10(2)6-8/h7H,4-6H2,1-3H3/t7?,8-/m0/s1. The minimum atomic E-state index is -1.02. The summed E-state index contributed by atoms with van der Waals surface area (Å²) < 4.78 is 18.3. The summed E-state index contributed by atoms with van der Waals surface area (Å²) in [6.07, 6.45) is 0.595. The van der Waals surface area contributed by atoms with E-state index in [2.05, 4.69) is 0 Å². The Bertz CT molecular complexity index is 138. The average Bonchev–Trinajstić information content (AvgIpc) is 2.07. The quantitative estimate of drug-likeness (QED) is 0.600. The highest BCUT2D eigenvalue weighted by molar-refractivity contribution is 4.92. The first-order valence-corrected chi connectivity index (χ1v) is 3.93. The largest absolute Gasteiger partial charge is 0.383 e. The van der Waals surface area contributed by atoms with Crippen LogP contribution in [0.1, 0.15) is 13.3 Å². The van der Waals surface area contributed by atoms with E-state index < -0.39 is 5.67 Å². The molecule has 0 saturated carbocycles. The van der Waals surface area contributed by atoms with Gasteiger partial charge in [0.15, 0.2) is 0 Å². The normalized spacial score (nSPS) is 39.8. The Labute approximate surface area is 67.3 Å². The van der Waals surface area contributed by atoms with E-state index in [4.69, 9.17) is 4.74 Å². The Morgan fingerprint density at radius 2 is 2.36 bits per heavy atom. The molecule has 3 heteroatoms. The molecule has 0 radical (unpaired) electrons. The summed E-state index contributed by atoms with van der Waals surface area (Å²) >= 11 is 0. The van der Waals surface area contributed by atoms with Gasteiger partial charge in [0.2, 0.25) is 0 Å². The van der Waals surface area contributed by atoms with Gasteiger partial charge in [-0.1, -0.05) is 0 Å². The molecule has 0 N–H and O–H groups in total. The van der Waals surface area contributed by atoms with Crippen molar-refractivity contribution in [3.8, 4) is 0 Å². The maximum atomic E-state index is 13.3. The van der Waals surface area contributed by atoms with E-state index in [9.17, 15) is 4.39 Å². The van der Waals surface area contributed by atoms with Crippen LogP contribution in [0.3, 0.4) is 0 Å². The van der Waals surface area contributed by atoms with Crippen LogP contribution in [0.15, 0.2) is 0 Å². The number of halogens is 1. The van der Waals surface area contributed by atoms with Crippen molar-refractivity contribution in [3.63, 3.8) is 0 Å². The van der Waals surface area contributed by atoms with E-state index in [0.717, 1.165) is 0 Å². The van der Waals surface area contributed by atoms with E-state index in [0.29, 0.717) is 19.6 Å². The van der Waals surface area contributed by atoms with Crippen molar-refractivity contribution in [1.82, 2.24) is 4.90 Å². The molecule has 0 aromatic rings. The Balaban J connectivity index is 2.45. The molecule has 1 unspecified atom stereocenters. The van der Waals surface area contributed by atoms with Gasteiger partial charge in [-0.05, 0) is 14.0 Å². The van der Waals surface area contributed by atoms with Gasteiger partial charge in [0.25, 0.3) is 0 Å². The van der Waals surface area contributed by atoms with E-state index in [-0.39, 0.29) is 6.04 Å². The van der Waals surface area contributed by atoms with Crippen molar-refractivity contribution in [2.45, 2.75) is 25.1 Å². The van der Waals surface area contributed by atoms with Crippen molar-refractivity contribution in [2.75, 3.05) is 27.3 Å². The van der Waals surface area contributed by atoms with Gasteiger partial charge in [-0.15, -0.1) is 0 Å². The first-order valence-electron chi connectivity index (χ1n) is 3.93. The molecule has 1 aliphatic heterocycles. The molecule has 0 bridgehead atoms. The van der Waals surface area contributed by atoms with Gasteiger partial charge in [-0.25, -0.2) is 4.39 Å². The minimum Gasteiger partial charge on any atom is -0.383 e. The molecule has 1 saturated heterocycles. The lowest BCUT2D eigenvalue weighted by Crippen LogP contribution is -2.29. The number of hydrogen-bond donors (Lipinski definition) is 0. The van der Waals surface area contributed by atoms with Gasteiger partial charge in [0.1, 0.15) is 5.67 Å². The van der Waals surface area contributed by atoms with E-state index in [1.165, 1.54) is 0 Å². The molecule has 0 spiro atoms. The molecular formula is C8H16FNO. The van der Waals surface area contributed by atoms with Crippen LogP contribution in [0, 0.1) is 0 Å². The summed E-state index contributed by atoms with van der Waals surface area (Å²) in [5.74, 6) is 0. The van der Waals surface area contributed by atoms with Crippen molar-refractivity contribution >= 4 is 0 Å². The summed E-state index contributed by atoms with van der Waals surface area (Å²) in [5, 5.41) is 0. The molecule has 0 aliphatic carbocycles. The maximum Gasteiger partial charge on any atom is 0.122 e. The molecule has 0 aromatic carbocycles. The Kier molecular flexibility index (Phi) is 2.50. The zero-order valence-electron chi connectivity index (χ0n) is 7.43. The zero-order chi connectivity index (χ0) is 8.48. The number of likely N-dealkylation sites (N-methyl/N-ethyl adjacent to an activating group) is 1. The molecule has 1 fully saturated rings. The van der Waals surface area contributed by atoms with E-state index in [1.54, 1.807) is 14.0 Å². The predicted molar refractivity (Wildman–Crippen MR) is 42.4 cm³/mol. The Hall–Kier alpha value is -0.150. The molecule has 1 heterocycles. The molecule has 0 amide bonds. The number of nitrogens with zero attached hydrogens (tertiary/aromatic N) is 1. The lowest BCUT2D eigenvalue weighted by Gasteiger charge is -2.16. The first kappa shape index (κ1) is 8.94. The van der Waals surface area contributed by atoms with Crippen molar-refractivity contribution < 1.29 is 9.13 Å². The second-order valence-corrected chi connectivity index (χ2v) is 3.64. The van der Waals surface area contributed by atoms with Crippen molar-refractivity contribution in [3.05, 3.63) is 0 Å². The van der Waals surface area contributed by atoms with Gasteiger partial charge in [-0.3, -0.25) is 4.90 Å². The lowest BCUT2D eigenvalue weighted by molar-refractivity contribution is 0.129. The highest BCUT2D eigenvalue weighted by Crippen LogP contribution is 2.28. The summed E-state index contributed by atoms with van der Waals surface area (Å²) in [4.78, 5) is 2.02. The van der Waals surface area contributed by atoms with Crippen LogP contribution < -0.4 is 0 Å². The van der Waals surface area contributed by atoms with Crippen LogP contribution in [0.25, 0.3) is 0 Å². The fourth-order valence-electron chi connectivity index (χ4n) is 1.74. The highest BCUT2D eigenvalue weighted by atomic mass is 19.1. The highest BCUT2D eigenvalue weighted by Gasteiger charge is 2.38. The van der Waals surface area contributed by atoms with Gasteiger partial charge in [0.05, 0.1) is 6.61 Å². The second-order valence-electron chi connectivity index (χ2n) is 3.64. The molecule has 66 valence electrons. The Morgan fingerprint density at radius 1 is 1.73 bits per heavy atom. The lowest BCUT2D eigenvalue weighted by atomic mass is 10.1. The fourth-order valence-corrected chi connectivity index (χ4v) is 1.74. The molecular weight excluding hydrogens is 145 g/mol. The van der Waals surface area contributed by atoms with Gasteiger partial charge < -0.3 is 4.74 Å². The third-order valence-corrected chi connectivity index (χ3v) is 2.22. The van der Waals surface area contributed by atoms with E-state index >= 15 is 0 Å². The third kappa shape index (κ3) is 2.14. The van der Waals surface area contributed by atoms with Crippen LogP contribution in [-0.2, 0) is 4.74 Å². The first-order chi connectivity index (χ1) is 5.05. The van der Waals surface area contributed by atoms with Crippen molar-refractivity contribution in [1.29, 1.82) is 0 Å². The molecule has 1 rings (SSSR count). The summed E-state index contributed by atoms with van der Waals surface area (Å²) in [6.45, 7) is 2.82. The van der Waals surface area contributed by atoms with Crippen LogP contribution in [0.2, 0.25) is 0 Å². The van der Waals surface area contributed by atoms with Gasteiger partial charge in [0, 0.05) is 26.1 Å². The smallest absolute Gasteiger partial charge is 0.122 e. The number of rotatable bonds is 2. The summed E-state index contributed by atoms with van der Waals surface area (Å²) in [7, 11) is 3.59. The Morgan fingerprint density at radius 3 is 2.73 bits per heavy atom.